The van der Waals surface area contributed by atoms with E-state index in [2.05, 4.69) is 0 Å². The van der Waals surface area contributed by atoms with Crippen LogP contribution in [0.4, 0.5) is 5.69 Å². The highest BCUT2D eigenvalue weighted by Crippen LogP contribution is 2.26. The zero-order chi connectivity index (χ0) is 23.0. The van der Waals surface area contributed by atoms with Crippen molar-refractivity contribution in [2.45, 2.75) is 6.92 Å². The molecule has 0 N–H and O–H groups in total. The van der Waals surface area contributed by atoms with Crippen molar-refractivity contribution in [1.82, 2.24) is 14.7 Å². The second-order valence-corrected chi connectivity index (χ2v) is 7.73. The van der Waals surface area contributed by atoms with Crippen molar-refractivity contribution < 1.29 is 24.1 Å². The smallest absolute Gasteiger partial charge is 0.270 e. The lowest BCUT2D eigenvalue weighted by molar-refractivity contribution is -0.384. The largest absolute Gasteiger partial charge is 0.338 e. The monoisotopic (exact) mass is 436 g/mol. The number of hydrogen-bond donors (Lipinski definition) is 0. The number of rotatable bonds is 4. The molecule has 10 heteroatoms. The first kappa shape index (κ1) is 21.2. The average molecular weight is 436 g/mol. The number of imide groups is 1. The number of amides is 4. The molecule has 2 aromatic carbocycles. The Bertz CT molecular complexity index is 1150. The molecule has 0 saturated carbocycles. The third-order valence-electron chi connectivity index (χ3n) is 5.64. The summed E-state index contributed by atoms with van der Waals surface area (Å²) in [5.41, 5.74) is 1.24. The van der Waals surface area contributed by atoms with E-state index in [0.717, 1.165) is 22.6 Å². The van der Waals surface area contributed by atoms with Gasteiger partial charge in [0.05, 0.1) is 16.1 Å². The zero-order valence-electron chi connectivity index (χ0n) is 17.3. The molecule has 2 aliphatic rings. The molecule has 4 rings (SSSR count). The number of carbonyl (C=O) groups excluding carboxylic acids is 4. The van der Waals surface area contributed by atoms with Crippen LogP contribution in [-0.4, -0.2) is 76.0 Å². The Kier molecular flexibility index (Phi) is 5.43. The van der Waals surface area contributed by atoms with Crippen molar-refractivity contribution in [2.24, 2.45) is 0 Å². The Hall–Kier alpha value is -4.08. The average Bonchev–Trinajstić information content (AvgIpc) is 3.03. The predicted octanol–water partition coefficient (Wildman–Crippen LogP) is 1.48. The van der Waals surface area contributed by atoms with Crippen molar-refractivity contribution in [2.75, 3.05) is 32.7 Å². The molecule has 0 aromatic heterocycles. The summed E-state index contributed by atoms with van der Waals surface area (Å²) in [6, 6.07) is 10.7. The first-order chi connectivity index (χ1) is 15.3. The predicted molar refractivity (Wildman–Crippen MR) is 112 cm³/mol. The molecule has 0 spiro atoms. The van der Waals surface area contributed by atoms with Crippen LogP contribution < -0.4 is 0 Å². The lowest BCUT2D eigenvalue weighted by atomic mass is 10.1. The fourth-order valence-corrected chi connectivity index (χ4v) is 3.89. The maximum atomic E-state index is 12.7. The molecule has 0 unspecified atom stereocenters. The highest BCUT2D eigenvalue weighted by molar-refractivity contribution is 6.22. The minimum absolute atomic E-state index is 0.0435. The van der Waals surface area contributed by atoms with Crippen LogP contribution in [0.3, 0.4) is 0 Å². The van der Waals surface area contributed by atoms with Crippen molar-refractivity contribution >= 4 is 29.3 Å². The lowest BCUT2D eigenvalue weighted by Gasteiger charge is -2.35. The summed E-state index contributed by atoms with van der Waals surface area (Å²) in [4.78, 5) is 64.8. The Morgan fingerprint density at radius 1 is 0.938 bits per heavy atom. The number of nitro groups is 1. The van der Waals surface area contributed by atoms with Crippen LogP contribution in [0.5, 0.6) is 0 Å². The zero-order valence-corrected chi connectivity index (χ0v) is 17.3. The molecular formula is C22H20N4O6. The van der Waals surface area contributed by atoms with Gasteiger partial charge in [0.1, 0.15) is 6.54 Å². The summed E-state index contributed by atoms with van der Waals surface area (Å²) in [5.74, 6) is -1.91. The molecule has 0 radical (unpaired) electrons. The molecule has 164 valence electrons. The van der Waals surface area contributed by atoms with Crippen molar-refractivity contribution in [3.05, 3.63) is 74.8 Å². The van der Waals surface area contributed by atoms with Crippen LogP contribution in [0, 0.1) is 17.0 Å². The molecule has 1 saturated heterocycles. The van der Waals surface area contributed by atoms with Crippen molar-refractivity contribution in [1.29, 1.82) is 0 Å². The Labute approximate surface area is 183 Å². The van der Waals surface area contributed by atoms with Gasteiger partial charge < -0.3 is 9.80 Å². The molecule has 2 aromatic rings. The number of benzene rings is 2. The number of fused-ring (bicyclic) bond motifs is 1. The molecule has 0 atom stereocenters. The Morgan fingerprint density at radius 2 is 1.59 bits per heavy atom. The molecule has 32 heavy (non-hydrogen) atoms. The summed E-state index contributed by atoms with van der Waals surface area (Å²) < 4.78 is 0. The van der Waals surface area contributed by atoms with E-state index in [4.69, 9.17) is 0 Å². The standard InChI is InChI=1S/C22H20N4O6/c1-14-3-2-4-15(11-14)20(28)24-9-7-23(8-10-24)19(27)13-25-21(29)17-6-5-16(26(31)32)12-18(17)22(25)30/h2-6,11-12H,7-10,13H2,1H3. The first-order valence-electron chi connectivity index (χ1n) is 10.0. The molecule has 4 amide bonds. The second kappa shape index (κ2) is 8.22. The molecule has 2 heterocycles. The third kappa shape index (κ3) is 3.82. The topological polar surface area (TPSA) is 121 Å². The van der Waals surface area contributed by atoms with Crippen LogP contribution in [0.1, 0.15) is 36.6 Å². The van der Waals surface area contributed by atoms with Crippen LogP contribution in [0.25, 0.3) is 0 Å². The number of hydrogen-bond acceptors (Lipinski definition) is 6. The maximum Gasteiger partial charge on any atom is 0.270 e. The van der Waals surface area contributed by atoms with E-state index in [9.17, 15) is 29.3 Å². The molecule has 0 aliphatic carbocycles. The third-order valence-corrected chi connectivity index (χ3v) is 5.64. The van der Waals surface area contributed by atoms with Gasteiger partial charge in [0, 0.05) is 43.9 Å². The van der Waals surface area contributed by atoms with Gasteiger partial charge in [-0.25, -0.2) is 0 Å². The molecular weight excluding hydrogens is 416 g/mol. The molecule has 2 aliphatic heterocycles. The highest BCUT2D eigenvalue weighted by atomic mass is 16.6. The van der Waals surface area contributed by atoms with Gasteiger partial charge >= 0.3 is 0 Å². The van der Waals surface area contributed by atoms with Gasteiger partial charge in [-0.3, -0.25) is 34.2 Å². The quantitative estimate of drug-likeness (QED) is 0.407. The summed E-state index contributed by atoms with van der Waals surface area (Å²) in [6.07, 6.45) is 0. The summed E-state index contributed by atoms with van der Waals surface area (Å²) in [6.45, 7) is 2.70. The van der Waals surface area contributed by atoms with E-state index in [1.807, 2.05) is 25.1 Å². The number of aryl methyl sites for hydroxylation is 1. The van der Waals surface area contributed by atoms with Crippen molar-refractivity contribution in [3.63, 3.8) is 0 Å². The number of nitrogens with zero attached hydrogens (tertiary/aromatic N) is 4. The van der Waals surface area contributed by atoms with Crippen LogP contribution in [0.2, 0.25) is 0 Å². The van der Waals surface area contributed by atoms with E-state index < -0.39 is 29.2 Å². The van der Waals surface area contributed by atoms with Crippen LogP contribution in [-0.2, 0) is 4.79 Å². The number of carbonyl (C=O) groups is 4. The van der Waals surface area contributed by atoms with E-state index in [1.54, 1.807) is 11.0 Å². The van der Waals surface area contributed by atoms with E-state index in [-0.39, 0.29) is 35.8 Å². The first-order valence-corrected chi connectivity index (χ1v) is 10.0. The van der Waals surface area contributed by atoms with Gasteiger partial charge in [0.2, 0.25) is 5.91 Å². The minimum Gasteiger partial charge on any atom is -0.338 e. The Balaban J connectivity index is 1.38. The number of piperazine rings is 1. The molecule has 0 bridgehead atoms. The van der Waals surface area contributed by atoms with E-state index in [0.29, 0.717) is 18.7 Å². The normalized spacial score (nSPS) is 15.7. The SMILES string of the molecule is Cc1cccc(C(=O)N2CCN(C(=O)CN3C(=O)c4ccc([N+](=O)[O-])cc4C3=O)CC2)c1. The second-order valence-electron chi connectivity index (χ2n) is 7.73. The number of nitro benzene ring substituents is 1. The minimum atomic E-state index is -0.727. The summed E-state index contributed by atoms with van der Waals surface area (Å²) >= 11 is 0. The van der Waals surface area contributed by atoms with Crippen LogP contribution in [0.15, 0.2) is 42.5 Å². The van der Waals surface area contributed by atoms with Gasteiger partial charge in [0.15, 0.2) is 0 Å². The van der Waals surface area contributed by atoms with Crippen LogP contribution >= 0.6 is 0 Å². The number of non-ortho nitro benzene ring substituents is 1. The van der Waals surface area contributed by atoms with Gasteiger partial charge in [-0.1, -0.05) is 17.7 Å². The summed E-state index contributed by atoms with van der Waals surface area (Å²) in [5, 5.41) is 10.9. The Morgan fingerprint density at radius 3 is 2.25 bits per heavy atom. The van der Waals surface area contributed by atoms with E-state index >= 15 is 0 Å². The molecule has 10 nitrogen and oxygen atoms in total. The fraction of sp³-hybridized carbons (Fsp3) is 0.273. The van der Waals surface area contributed by atoms with Gasteiger partial charge in [-0.15, -0.1) is 0 Å². The molecule has 1 fully saturated rings. The highest BCUT2D eigenvalue weighted by Gasteiger charge is 2.39. The van der Waals surface area contributed by atoms with Gasteiger partial charge in [-0.2, -0.15) is 0 Å². The van der Waals surface area contributed by atoms with Gasteiger partial charge in [0.25, 0.3) is 23.4 Å². The van der Waals surface area contributed by atoms with E-state index in [1.165, 1.54) is 11.0 Å². The fourth-order valence-electron chi connectivity index (χ4n) is 3.89. The summed E-state index contributed by atoms with van der Waals surface area (Å²) in [7, 11) is 0. The van der Waals surface area contributed by atoms with Gasteiger partial charge in [-0.05, 0) is 25.1 Å². The van der Waals surface area contributed by atoms with Crippen molar-refractivity contribution in [3.8, 4) is 0 Å². The maximum absolute atomic E-state index is 12.7. The lowest BCUT2D eigenvalue weighted by Crippen LogP contribution is -2.53.